The summed E-state index contributed by atoms with van der Waals surface area (Å²) in [5.41, 5.74) is 0.210. The number of Topliss-reactive ketones (excluding diaryl/α,β-unsaturated/α-hetero) is 1. The summed E-state index contributed by atoms with van der Waals surface area (Å²) in [6, 6.07) is 9.18. The lowest BCUT2D eigenvalue weighted by molar-refractivity contribution is -0.120. The predicted octanol–water partition coefficient (Wildman–Crippen LogP) is 4.56. The molecule has 0 saturated carbocycles. The number of ketones is 1. The summed E-state index contributed by atoms with van der Waals surface area (Å²) in [7, 11) is 0. The zero-order valence-electron chi connectivity index (χ0n) is 12.5. The van der Waals surface area contributed by atoms with Gasteiger partial charge < -0.3 is 5.32 Å². The molecule has 2 rings (SSSR count). The Balaban J connectivity index is 2.21. The molecule has 3 nitrogen and oxygen atoms in total. The minimum Gasteiger partial charge on any atom is -0.342 e. The van der Waals surface area contributed by atoms with Gasteiger partial charge in [-0.25, -0.2) is 4.39 Å². The van der Waals surface area contributed by atoms with E-state index in [-0.39, 0.29) is 21.5 Å². The molecule has 0 aromatic heterocycles. The van der Waals surface area contributed by atoms with Gasteiger partial charge >= 0.3 is 0 Å². The van der Waals surface area contributed by atoms with Crippen molar-refractivity contribution in [3.05, 3.63) is 47.8 Å². The van der Waals surface area contributed by atoms with Crippen LogP contribution in [0.2, 0.25) is 0 Å². The fraction of sp³-hybridized carbons (Fsp3) is 0.294. The zero-order chi connectivity index (χ0) is 17.0. The summed E-state index contributed by atoms with van der Waals surface area (Å²) in [5, 5.41) is 3.80. The molecule has 0 fully saturated rings. The van der Waals surface area contributed by atoms with Crippen LogP contribution in [0.1, 0.15) is 30.1 Å². The highest BCUT2D eigenvalue weighted by Gasteiger charge is 2.21. The third kappa shape index (κ3) is 4.61. The highest BCUT2D eigenvalue weighted by Crippen LogP contribution is 2.20. The van der Waals surface area contributed by atoms with Gasteiger partial charge in [0.15, 0.2) is 5.78 Å². The average Bonchev–Trinajstić information content (AvgIpc) is 2.51. The van der Waals surface area contributed by atoms with Gasteiger partial charge in [-0.3, -0.25) is 9.59 Å². The first kappa shape index (κ1) is 18.1. The lowest BCUT2D eigenvalue weighted by Gasteiger charge is -2.16. The molecule has 1 N–H and O–H groups in total. The fourth-order valence-electron chi connectivity index (χ4n) is 2.34. The number of rotatable bonds is 6. The molecule has 0 bridgehead atoms. The van der Waals surface area contributed by atoms with E-state index in [2.05, 4.69) is 37.2 Å². The third-order valence-corrected chi connectivity index (χ3v) is 4.18. The second-order valence-corrected chi connectivity index (χ2v) is 8.61. The van der Waals surface area contributed by atoms with Crippen molar-refractivity contribution < 1.29 is 14.0 Å². The van der Waals surface area contributed by atoms with Crippen LogP contribution in [0.15, 0.2) is 36.4 Å². The molecule has 0 aliphatic heterocycles. The van der Waals surface area contributed by atoms with Crippen LogP contribution in [-0.4, -0.2) is 21.5 Å². The lowest BCUT2D eigenvalue weighted by Crippen LogP contribution is -2.40. The van der Waals surface area contributed by atoms with Gasteiger partial charge in [-0.2, -0.15) is 0 Å². The fourth-order valence-corrected chi connectivity index (χ4v) is 2.98. The molecule has 0 saturated heterocycles. The molecule has 1 atom stereocenters. The van der Waals surface area contributed by atoms with E-state index >= 15 is 0 Å². The second-order valence-electron chi connectivity index (χ2n) is 5.18. The van der Waals surface area contributed by atoms with Crippen LogP contribution >= 0.6 is 31.9 Å². The van der Waals surface area contributed by atoms with E-state index in [1.807, 2.05) is 6.92 Å². The van der Waals surface area contributed by atoms with E-state index in [0.717, 1.165) is 0 Å². The number of amides is 1. The van der Waals surface area contributed by atoms with Crippen molar-refractivity contribution in [2.24, 2.45) is 0 Å². The van der Waals surface area contributed by atoms with Crippen LogP contribution in [0, 0.1) is 5.82 Å². The summed E-state index contributed by atoms with van der Waals surface area (Å²) >= 11 is 6.51. The number of benzene rings is 2. The third-order valence-electron chi connectivity index (χ3n) is 3.53. The summed E-state index contributed by atoms with van der Waals surface area (Å²) in [6.45, 7) is 1.82. The Labute approximate surface area is 150 Å². The number of hydrogen-bond acceptors (Lipinski definition) is 2. The molecule has 0 aliphatic carbocycles. The molecule has 23 heavy (non-hydrogen) atoms. The van der Waals surface area contributed by atoms with Gasteiger partial charge in [0.2, 0.25) is 0 Å². The maximum absolute atomic E-state index is 14.1. The van der Waals surface area contributed by atoms with Crippen molar-refractivity contribution >= 4 is 54.3 Å². The molecular formula is C17H16Br2FNO2. The van der Waals surface area contributed by atoms with Gasteiger partial charge in [-0.1, -0.05) is 63.0 Å². The summed E-state index contributed by atoms with van der Waals surface area (Å²) in [4.78, 5) is 24.4. The highest BCUT2D eigenvalue weighted by atomic mass is 79.9. The predicted molar refractivity (Wildman–Crippen MR) is 96.7 cm³/mol. The molecule has 122 valence electrons. The Morgan fingerprint density at radius 3 is 2.57 bits per heavy atom. The number of hydrogen-bond donors (Lipinski definition) is 1. The largest absolute Gasteiger partial charge is 0.342 e. The van der Waals surface area contributed by atoms with Crippen LogP contribution in [0.25, 0.3) is 10.8 Å². The molecule has 6 heteroatoms. The maximum atomic E-state index is 14.1. The Hall–Kier alpha value is -1.27. The van der Waals surface area contributed by atoms with Crippen molar-refractivity contribution in [3.63, 3.8) is 0 Å². The first-order chi connectivity index (χ1) is 10.9. The molecule has 1 unspecified atom stereocenters. The minimum atomic E-state index is -0.588. The summed E-state index contributed by atoms with van der Waals surface area (Å²) in [5.74, 6) is -0.981. The van der Waals surface area contributed by atoms with Crippen LogP contribution in [0.3, 0.4) is 0 Å². The first-order valence-electron chi connectivity index (χ1n) is 7.22. The molecule has 0 spiro atoms. The van der Waals surface area contributed by atoms with E-state index in [1.165, 1.54) is 6.07 Å². The molecule has 0 aliphatic rings. The van der Waals surface area contributed by atoms with Gasteiger partial charge in [0.1, 0.15) is 5.82 Å². The standard InChI is InChI=1S/C17H16Br2FNO2/c1-2-14(15(22)9-16(18)19)21-17(23)11-7-10-5-3-4-6-12(10)13(20)8-11/h3-8,14,16H,2,9H2,1H3,(H,21,23). The molecule has 1 amide bonds. The Morgan fingerprint density at radius 2 is 1.91 bits per heavy atom. The highest BCUT2D eigenvalue weighted by molar-refractivity contribution is 9.24. The van der Waals surface area contributed by atoms with Crippen LogP contribution in [0.5, 0.6) is 0 Å². The molecule has 2 aromatic carbocycles. The van der Waals surface area contributed by atoms with Gasteiger partial charge in [0, 0.05) is 17.4 Å². The van der Waals surface area contributed by atoms with E-state index in [4.69, 9.17) is 0 Å². The van der Waals surface area contributed by atoms with Gasteiger partial charge in [-0.15, -0.1) is 0 Å². The van der Waals surface area contributed by atoms with Crippen LogP contribution in [-0.2, 0) is 4.79 Å². The average molecular weight is 445 g/mol. The van der Waals surface area contributed by atoms with E-state index < -0.39 is 17.8 Å². The van der Waals surface area contributed by atoms with E-state index in [1.54, 1.807) is 30.3 Å². The molecular weight excluding hydrogens is 429 g/mol. The molecule has 2 aromatic rings. The number of carbonyl (C=O) groups excluding carboxylic acids is 2. The summed E-state index contributed by atoms with van der Waals surface area (Å²) in [6.07, 6.45) is 0.734. The van der Waals surface area contributed by atoms with Gasteiger partial charge in [0.25, 0.3) is 5.91 Å². The zero-order valence-corrected chi connectivity index (χ0v) is 15.7. The van der Waals surface area contributed by atoms with Crippen molar-refractivity contribution in [3.8, 4) is 0 Å². The quantitative estimate of drug-likeness (QED) is 0.663. The first-order valence-corrected chi connectivity index (χ1v) is 9.05. The van der Waals surface area contributed by atoms with Crippen molar-refractivity contribution in [1.29, 1.82) is 0 Å². The van der Waals surface area contributed by atoms with Crippen LogP contribution in [0.4, 0.5) is 4.39 Å². The van der Waals surface area contributed by atoms with Gasteiger partial charge in [-0.05, 0) is 23.9 Å². The van der Waals surface area contributed by atoms with Gasteiger partial charge in [0.05, 0.1) is 9.78 Å². The maximum Gasteiger partial charge on any atom is 0.251 e. The second kappa shape index (κ2) is 8.02. The Morgan fingerprint density at radius 1 is 1.22 bits per heavy atom. The van der Waals surface area contributed by atoms with Crippen LogP contribution < -0.4 is 5.32 Å². The van der Waals surface area contributed by atoms with Crippen molar-refractivity contribution in [2.45, 2.75) is 29.5 Å². The SMILES string of the molecule is CCC(NC(=O)c1cc(F)c2ccccc2c1)C(=O)CC(Br)Br. The number of nitrogens with one attached hydrogen (secondary N) is 1. The summed E-state index contributed by atoms with van der Waals surface area (Å²) < 4.78 is 14.0. The van der Waals surface area contributed by atoms with Crippen molar-refractivity contribution in [2.75, 3.05) is 0 Å². The number of carbonyl (C=O) groups is 2. The number of alkyl halides is 2. The van der Waals surface area contributed by atoms with E-state index in [0.29, 0.717) is 17.2 Å². The molecule has 0 heterocycles. The molecule has 0 radical (unpaired) electrons. The lowest BCUT2D eigenvalue weighted by atomic mass is 10.0. The Kier molecular flexibility index (Phi) is 6.30. The van der Waals surface area contributed by atoms with E-state index in [9.17, 15) is 14.0 Å². The monoisotopic (exact) mass is 443 g/mol. The minimum absolute atomic E-state index is 0.0825. The topological polar surface area (TPSA) is 46.2 Å². The number of fused-ring (bicyclic) bond motifs is 1. The smallest absolute Gasteiger partial charge is 0.251 e. The Bertz CT molecular complexity index is 734. The normalized spacial score (nSPS) is 12.4. The number of halogens is 3. The van der Waals surface area contributed by atoms with Crippen molar-refractivity contribution in [1.82, 2.24) is 5.32 Å².